The van der Waals surface area contributed by atoms with Gasteiger partial charge in [0.05, 0.1) is 19.8 Å². The first-order valence-electron chi connectivity index (χ1n) is 7.70. The van der Waals surface area contributed by atoms with Crippen molar-refractivity contribution < 1.29 is 49.1 Å². The quantitative estimate of drug-likeness (QED) is 0.494. The summed E-state index contributed by atoms with van der Waals surface area (Å²) in [7, 11) is 2.44. The maximum atomic E-state index is 11.8. The predicted molar refractivity (Wildman–Crippen MR) is 91.9 cm³/mol. The first-order valence-corrected chi connectivity index (χ1v) is 7.70. The van der Waals surface area contributed by atoms with Gasteiger partial charge in [0, 0.05) is 11.1 Å². The second-order valence-electron chi connectivity index (χ2n) is 5.81. The van der Waals surface area contributed by atoms with Gasteiger partial charge in [0.15, 0.2) is 0 Å². The molecule has 0 saturated heterocycles. The third-order valence-corrected chi connectivity index (χ3v) is 4.38. The summed E-state index contributed by atoms with van der Waals surface area (Å²) >= 11 is 0. The van der Waals surface area contributed by atoms with Crippen LogP contribution in [0.1, 0.15) is 15.9 Å². The smallest absolute Gasteiger partial charge is 0.335 e. The largest absolute Gasteiger partial charge is 0.496 e. The summed E-state index contributed by atoms with van der Waals surface area (Å²) in [5, 5.41) is 37.7. The number of allylic oxidation sites excluding steroid dienone is 1. The standard InChI is InChI=1S/C18H16O10/c1-27-12-5-8(14(19)20)3-4-9(12)10-7-18(16(23)24,17(25)26)11(15(21)22)6-13(10)28-2/h3-7,11H,1-2H3,(H,19,20)(H,21,22)(H,23,24)(H,25,26). The lowest BCUT2D eigenvalue weighted by Crippen LogP contribution is -2.48. The Labute approximate surface area is 157 Å². The van der Waals surface area contributed by atoms with Crippen molar-refractivity contribution in [2.45, 2.75) is 0 Å². The Balaban J connectivity index is 2.83. The molecule has 0 amide bonds. The van der Waals surface area contributed by atoms with Crippen LogP contribution in [0, 0.1) is 11.3 Å². The third kappa shape index (κ3) is 3.15. The lowest BCUT2D eigenvalue weighted by atomic mass is 9.69. The van der Waals surface area contributed by atoms with E-state index in [1.807, 2.05) is 0 Å². The van der Waals surface area contributed by atoms with Gasteiger partial charge < -0.3 is 29.9 Å². The summed E-state index contributed by atoms with van der Waals surface area (Å²) in [6.45, 7) is 0. The zero-order chi connectivity index (χ0) is 21.2. The van der Waals surface area contributed by atoms with Gasteiger partial charge in [-0.05, 0) is 30.4 Å². The van der Waals surface area contributed by atoms with Gasteiger partial charge in [-0.15, -0.1) is 0 Å². The van der Waals surface area contributed by atoms with Crippen LogP contribution < -0.4 is 4.74 Å². The highest BCUT2D eigenvalue weighted by Gasteiger charge is 2.56. The van der Waals surface area contributed by atoms with Crippen LogP contribution in [-0.2, 0) is 19.1 Å². The number of rotatable bonds is 7. The first kappa shape index (κ1) is 20.5. The van der Waals surface area contributed by atoms with Crippen molar-refractivity contribution in [1.29, 1.82) is 0 Å². The minimum absolute atomic E-state index is 0.00699. The van der Waals surface area contributed by atoms with Gasteiger partial charge in [0.1, 0.15) is 17.4 Å². The number of carbonyl (C=O) groups is 4. The van der Waals surface area contributed by atoms with Crippen LogP contribution in [-0.4, -0.2) is 58.5 Å². The van der Waals surface area contributed by atoms with Gasteiger partial charge in [0.25, 0.3) is 0 Å². The molecule has 1 aliphatic rings. The molecule has 28 heavy (non-hydrogen) atoms. The molecule has 0 aliphatic heterocycles. The molecule has 4 N–H and O–H groups in total. The molecule has 2 rings (SSSR count). The molecule has 0 spiro atoms. The Bertz CT molecular complexity index is 910. The fourth-order valence-corrected chi connectivity index (χ4v) is 2.94. The fraction of sp³-hybridized carbons (Fsp3) is 0.222. The Morgan fingerprint density at radius 2 is 1.57 bits per heavy atom. The van der Waals surface area contributed by atoms with E-state index in [2.05, 4.69) is 0 Å². The minimum atomic E-state index is -2.81. The Hall–Kier alpha value is -3.82. The molecular weight excluding hydrogens is 376 g/mol. The molecule has 148 valence electrons. The van der Waals surface area contributed by atoms with Crippen molar-refractivity contribution >= 4 is 29.5 Å². The summed E-state index contributed by atoms with van der Waals surface area (Å²) in [6.07, 6.45) is 1.66. The highest BCUT2D eigenvalue weighted by Crippen LogP contribution is 2.44. The highest BCUT2D eigenvalue weighted by molar-refractivity contribution is 6.08. The summed E-state index contributed by atoms with van der Waals surface area (Å²) in [5.41, 5.74) is -2.85. The molecule has 0 fully saturated rings. The van der Waals surface area contributed by atoms with E-state index in [0.29, 0.717) is 0 Å². The zero-order valence-corrected chi connectivity index (χ0v) is 14.7. The van der Waals surface area contributed by atoms with Crippen LogP contribution in [0.5, 0.6) is 5.75 Å². The second kappa shape index (κ2) is 7.43. The van der Waals surface area contributed by atoms with E-state index in [0.717, 1.165) is 18.2 Å². The molecule has 0 bridgehead atoms. The molecule has 10 heteroatoms. The maximum absolute atomic E-state index is 11.8. The zero-order valence-electron chi connectivity index (χ0n) is 14.7. The van der Waals surface area contributed by atoms with Gasteiger partial charge >= 0.3 is 23.9 Å². The van der Waals surface area contributed by atoms with Crippen molar-refractivity contribution in [3.63, 3.8) is 0 Å². The molecule has 0 radical (unpaired) electrons. The number of carboxylic acids is 4. The number of hydrogen-bond acceptors (Lipinski definition) is 6. The van der Waals surface area contributed by atoms with Crippen molar-refractivity contribution in [1.82, 2.24) is 0 Å². The lowest BCUT2D eigenvalue weighted by molar-refractivity contribution is -0.169. The SMILES string of the molecule is COC1=CC(C(=O)O)C(C(=O)O)(C(=O)O)C=C1c1ccc(C(=O)O)cc1OC. The van der Waals surface area contributed by atoms with E-state index in [9.17, 15) is 34.5 Å². The average Bonchev–Trinajstić information content (AvgIpc) is 2.65. The monoisotopic (exact) mass is 392 g/mol. The van der Waals surface area contributed by atoms with E-state index in [1.165, 1.54) is 26.4 Å². The summed E-state index contributed by atoms with van der Waals surface area (Å²) in [5.74, 6) is -8.68. The van der Waals surface area contributed by atoms with Gasteiger partial charge in [-0.2, -0.15) is 0 Å². The molecule has 0 saturated carbocycles. The van der Waals surface area contributed by atoms with Crippen LogP contribution >= 0.6 is 0 Å². The lowest BCUT2D eigenvalue weighted by Gasteiger charge is -2.32. The van der Waals surface area contributed by atoms with E-state index in [-0.39, 0.29) is 28.2 Å². The maximum Gasteiger partial charge on any atom is 0.335 e. The normalized spacial score (nSPS) is 17.7. The predicted octanol–water partition coefficient (Wildman–Crippen LogP) is 1.18. The molecule has 10 nitrogen and oxygen atoms in total. The van der Waals surface area contributed by atoms with Crippen LogP contribution in [0.2, 0.25) is 0 Å². The minimum Gasteiger partial charge on any atom is -0.496 e. The third-order valence-electron chi connectivity index (χ3n) is 4.38. The number of aliphatic carboxylic acids is 3. The molecule has 1 unspecified atom stereocenters. The number of ether oxygens (including phenoxy) is 2. The summed E-state index contributed by atoms with van der Waals surface area (Å²) < 4.78 is 10.3. The van der Waals surface area contributed by atoms with Gasteiger partial charge in [-0.25, -0.2) is 4.79 Å². The first-order chi connectivity index (χ1) is 13.1. The number of aromatic carboxylic acids is 1. The molecule has 1 aliphatic carbocycles. The number of carboxylic acid groups (broad SMARTS) is 4. The number of hydrogen-bond donors (Lipinski definition) is 4. The van der Waals surface area contributed by atoms with Gasteiger partial charge in [-0.3, -0.25) is 14.4 Å². The number of benzene rings is 1. The fourth-order valence-electron chi connectivity index (χ4n) is 2.94. The molecule has 1 aromatic rings. The Morgan fingerprint density at radius 3 is 2.00 bits per heavy atom. The molecular formula is C18H16O10. The average molecular weight is 392 g/mol. The summed E-state index contributed by atoms with van der Waals surface area (Å²) in [6, 6.07) is 3.66. The van der Waals surface area contributed by atoms with Crippen molar-refractivity contribution in [2.24, 2.45) is 11.3 Å². The highest BCUT2D eigenvalue weighted by atomic mass is 16.5. The molecule has 0 heterocycles. The van der Waals surface area contributed by atoms with Crippen LogP contribution in [0.4, 0.5) is 0 Å². The van der Waals surface area contributed by atoms with Gasteiger partial charge in [-0.1, -0.05) is 0 Å². The van der Waals surface area contributed by atoms with Gasteiger partial charge in [0.2, 0.25) is 5.41 Å². The van der Waals surface area contributed by atoms with E-state index in [1.54, 1.807) is 0 Å². The van der Waals surface area contributed by atoms with Crippen molar-refractivity contribution in [2.75, 3.05) is 14.2 Å². The van der Waals surface area contributed by atoms with Crippen molar-refractivity contribution in [3.05, 3.63) is 47.2 Å². The molecule has 1 aromatic carbocycles. The Kier molecular flexibility index (Phi) is 5.44. The van der Waals surface area contributed by atoms with E-state index >= 15 is 0 Å². The van der Waals surface area contributed by atoms with Crippen LogP contribution in [0.3, 0.4) is 0 Å². The molecule has 1 atom stereocenters. The van der Waals surface area contributed by atoms with E-state index in [4.69, 9.17) is 14.6 Å². The molecule has 0 aromatic heterocycles. The topological polar surface area (TPSA) is 168 Å². The number of methoxy groups -OCH3 is 2. The second-order valence-corrected chi connectivity index (χ2v) is 5.81. The van der Waals surface area contributed by atoms with Crippen LogP contribution in [0.25, 0.3) is 5.57 Å². The van der Waals surface area contributed by atoms with Crippen LogP contribution in [0.15, 0.2) is 36.1 Å². The Morgan fingerprint density at radius 1 is 0.964 bits per heavy atom. The van der Waals surface area contributed by atoms with Crippen molar-refractivity contribution in [3.8, 4) is 5.75 Å². The summed E-state index contributed by atoms with van der Waals surface area (Å²) in [4.78, 5) is 46.4. The van der Waals surface area contributed by atoms with E-state index < -0.39 is 35.2 Å².